The lowest BCUT2D eigenvalue weighted by Gasteiger charge is -1.96. The first-order valence-electron chi connectivity index (χ1n) is 4.11. The predicted octanol–water partition coefficient (Wildman–Crippen LogP) is 1.63. The Hall–Kier alpha value is -1.56. The van der Waals surface area contributed by atoms with E-state index >= 15 is 0 Å². The Labute approximate surface area is 84.9 Å². The Morgan fingerprint density at radius 1 is 1.64 bits per heavy atom. The van der Waals surface area contributed by atoms with E-state index in [0.717, 1.165) is 16.6 Å². The Morgan fingerprint density at radius 3 is 3.07 bits per heavy atom. The standard InChI is InChI=1S/C8H10N4OS/c1-5-2-6(13-12-5)3-10-8-11-4-7(9)14-8/h2,4H,3,9H2,1H3,(H,10,11). The Balaban J connectivity index is 1.94. The van der Waals surface area contributed by atoms with Gasteiger partial charge in [-0.2, -0.15) is 0 Å². The quantitative estimate of drug-likeness (QED) is 0.805. The molecule has 0 aromatic carbocycles. The third-order valence-electron chi connectivity index (χ3n) is 1.61. The van der Waals surface area contributed by atoms with Crippen molar-refractivity contribution in [2.24, 2.45) is 0 Å². The normalized spacial score (nSPS) is 10.4. The van der Waals surface area contributed by atoms with Crippen molar-refractivity contribution in [3.63, 3.8) is 0 Å². The van der Waals surface area contributed by atoms with E-state index in [0.29, 0.717) is 11.5 Å². The molecule has 0 unspecified atom stereocenters. The van der Waals surface area contributed by atoms with Gasteiger partial charge in [0.25, 0.3) is 0 Å². The van der Waals surface area contributed by atoms with Crippen LogP contribution < -0.4 is 11.1 Å². The molecule has 5 nitrogen and oxygen atoms in total. The van der Waals surface area contributed by atoms with Crippen LogP contribution in [0.25, 0.3) is 0 Å². The van der Waals surface area contributed by atoms with Gasteiger partial charge in [-0.15, -0.1) is 0 Å². The smallest absolute Gasteiger partial charge is 0.184 e. The highest BCUT2D eigenvalue weighted by molar-refractivity contribution is 7.19. The minimum atomic E-state index is 0.577. The highest BCUT2D eigenvalue weighted by Gasteiger charge is 2.02. The molecule has 0 amide bonds. The first-order valence-corrected chi connectivity index (χ1v) is 4.93. The van der Waals surface area contributed by atoms with Crippen LogP contribution in [-0.2, 0) is 6.54 Å². The summed E-state index contributed by atoms with van der Waals surface area (Å²) in [7, 11) is 0. The summed E-state index contributed by atoms with van der Waals surface area (Å²) < 4.78 is 5.03. The van der Waals surface area contributed by atoms with Crippen LogP contribution >= 0.6 is 11.3 Å². The number of nitrogens with zero attached hydrogens (tertiary/aromatic N) is 2. The van der Waals surface area contributed by atoms with Crippen molar-refractivity contribution in [2.45, 2.75) is 13.5 Å². The van der Waals surface area contributed by atoms with Gasteiger partial charge in [-0.25, -0.2) is 4.98 Å². The number of anilines is 2. The summed E-state index contributed by atoms with van der Waals surface area (Å²) in [5.74, 6) is 0.788. The Morgan fingerprint density at radius 2 is 2.50 bits per heavy atom. The van der Waals surface area contributed by atoms with Crippen molar-refractivity contribution in [1.29, 1.82) is 0 Å². The molecule has 0 bridgehead atoms. The summed E-state index contributed by atoms with van der Waals surface area (Å²) in [5.41, 5.74) is 6.41. The number of hydrogen-bond acceptors (Lipinski definition) is 6. The molecule has 0 spiro atoms. The highest BCUT2D eigenvalue weighted by Crippen LogP contribution is 2.20. The van der Waals surface area contributed by atoms with E-state index in [4.69, 9.17) is 10.3 Å². The van der Waals surface area contributed by atoms with Crippen LogP contribution in [0.3, 0.4) is 0 Å². The molecule has 0 atom stereocenters. The minimum Gasteiger partial charge on any atom is -0.389 e. The number of thiazole rings is 1. The molecule has 2 aromatic rings. The number of hydrogen-bond donors (Lipinski definition) is 2. The summed E-state index contributed by atoms with van der Waals surface area (Å²) in [4.78, 5) is 4.06. The zero-order valence-corrected chi connectivity index (χ0v) is 8.47. The molecule has 2 rings (SSSR count). The van der Waals surface area contributed by atoms with Gasteiger partial charge in [0.1, 0.15) is 5.00 Å². The molecule has 2 heterocycles. The van der Waals surface area contributed by atoms with Crippen molar-refractivity contribution in [3.05, 3.63) is 23.7 Å². The van der Waals surface area contributed by atoms with Gasteiger partial charge in [-0.05, 0) is 6.92 Å². The molecular formula is C8H10N4OS. The fourth-order valence-corrected chi connectivity index (χ4v) is 1.61. The van der Waals surface area contributed by atoms with Crippen LogP contribution in [0.2, 0.25) is 0 Å². The van der Waals surface area contributed by atoms with Crippen molar-refractivity contribution < 1.29 is 4.52 Å². The monoisotopic (exact) mass is 210 g/mol. The molecule has 0 aliphatic rings. The topological polar surface area (TPSA) is 77.0 Å². The first kappa shape index (κ1) is 9.01. The van der Waals surface area contributed by atoms with Crippen LogP contribution in [0, 0.1) is 6.92 Å². The maximum Gasteiger partial charge on any atom is 0.184 e. The van der Waals surface area contributed by atoms with Crippen molar-refractivity contribution in [2.75, 3.05) is 11.1 Å². The second-order valence-corrected chi connectivity index (χ2v) is 3.92. The lowest BCUT2D eigenvalue weighted by atomic mass is 10.4. The zero-order valence-electron chi connectivity index (χ0n) is 7.65. The van der Waals surface area contributed by atoms with Crippen molar-refractivity contribution in [3.8, 4) is 0 Å². The molecule has 0 aliphatic carbocycles. The molecule has 0 aliphatic heterocycles. The maximum atomic E-state index is 5.53. The molecule has 0 saturated carbocycles. The number of rotatable bonds is 3. The third-order valence-corrected chi connectivity index (χ3v) is 2.40. The van der Waals surface area contributed by atoms with Gasteiger partial charge in [0, 0.05) is 6.07 Å². The van der Waals surface area contributed by atoms with Gasteiger partial charge in [0.2, 0.25) is 0 Å². The number of aromatic nitrogens is 2. The van der Waals surface area contributed by atoms with E-state index in [1.165, 1.54) is 11.3 Å². The number of nitrogen functional groups attached to an aromatic ring is 1. The molecular weight excluding hydrogens is 200 g/mol. The van der Waals surface area contributed by atoms with Crippen LogP contribution in [0.1, 0.15) is 11.5 Å². The number of nitrogens with two attached hydrogens (primary N) is 1. The van der Waals surface area contributed by atoms with Crippen LogP contribution in [0.15, 0.2) is 16.8 Å². The molecule has 2 aromatic heterocycles. The highest BCUT2D eigenvalue weighted by atomic mass is 32.1. The zero-order chi connectivity index (χ0) is 9.97. The first-order chi connectivity index (χ1) is 6.74. The summed E-state index contributed by atoms with van der Waals surface area (Å²) >= 11 is 1.41. The van der Waals surface area contributed by atoms with E-state index in [-0.39, 0.29) is 0 Å². The molecule has 14 heavy (non-hydrogen) atoms. The van der Waals surface area contributed by atoms with Gasteiger partial charge in [-0.3, -0.25) is 0 Å². The Bertz CT molecular complexity index is 382. The van der Waals surface area contributed by atoms with E-state index in [1.54, 1.807) is 6.20 Å². The lowest BCUT2D eigenvalue weighted by molar-refractivity contribution is 0.384. The van der Waals surface area contributed by atoms with Crippen LogP contribution in [0.5, 0.6) is 0 Å². The summed E-state index contributed by atoms with van der Waals surface area (Å²) in [6.45, 7) is 2.46. The minimum absolute atomic E-state index is 0.577. The van der Waals surface area contributed by atoms with E-state index in [9.17, 15) is 0 Å². The molecule has 6 heteroatoms. The Kier molecular flexibility index (Phi) is 2.36. The van der Waals surface area contributed by atoms with Gasteiger partial charge >= 0.3 is 0 Å². The molecule has 3 N–H and O–H groups in total. The van der Waals surface area contributed by atoms with E-state index in [2.05, 4.69) is 15.5 Å². The largest absolute Gasteiger partial charge is 0.389 e. The second-order valence-electron chi connectivity index (χ2n) is 2.86. The SMILES string of the molecule is Cc1cc(CNc2ncc(N)s2)on1. The lowest BCUT2D eigenvalue weighted by Crippen LogP contribution is -1.96. The van der Waals surface area contributed by atoms with Gasteiger partial charge < -0.3 is 15.6 Å². The fourth-order valence-electron chi connectivity index (χ4n) is 1.03. The van der Waals surface area contributed by atoms with Gasteiger partial charge in [0.15, 0.2) is 10.9 Å². The summed E-state index contributed by atoms with van der Waals surface area (Å²) in [6.07, 6.45) is 1.62. The molecule has 0 saturated heterocycles. The average molecular weight is 210 g/mol. The van der Waals surface area contributed by atoms with Crippen LogP contribution in [-0.4, -0.2) is 10.1 Å². The third kappa shape index (κ3) is 2.02. The van der Waals surface area contributed by atoms with Gasteiger partial charge in [-0.1, -0.05) is 16.5 Å². The van der Waals surface area contributed by atoms with Crippen molar-refractivity contribution >= 4 is 21.5 Å². The molecule has 0 fully saturated rings. The summed E-state index contributed by atoms with van der Waals surface area (Å²) in [5, 5.41) is 8.35. The second kappa shape index (κ2) is 3.67. The maximum absolute atomic E-state index is 5.53. The number of aryl methyl sites for hydroxylation is 1. The number of nitrogens with one attached hydrogen (secondary N) is 1. The predicted molar refractivity (Wildman–Crippen MR) is 55.1 cm³/mol. The van der Waals surface area contributed by atoms with Crippen molar-refractivity contribution in [1.82, 2.24) is 10.1 Å². The molecule has 74 valence electrons. The molecule has 0 radical (unpaired) electrons. The van der Waals surface area contributed by atoms with Crippen LogP contribution in [0.4, 0.5) is 10.1 Å². The summed E-state index contributed by atoms with van der Waals surface area (Å²) in [6, 6.07) is 1.88. The van der Waals surface area contributed by atoms with E-state index in [1.807, 2.05) is 13.0 Å². The fraction of sp³-hybridized carbons (Fsp3) is 0.250. The van der Waals surface area contributed by atoms with Gasteiger partial charge in [0.05, 0.1) is 18.4 Å². The average Bonchev–Trinajstić information content (AvgIpc) is 2.72. The van der Waals surface area contributed by atoms with E-state index < -0.39 is 0 Å².